The average Bonchev–Trinajstić information content (AvgIpc) is 3.24. The number of fused-ring (bicyclic) bond motifs is 1. The lowest BCUT2D eigenvalue weighted by Gasteiger charge is -2.14. The number of nitro groups is 1. The Bertz CT molecular complexity index is 1340. The summed E-state index contributed by atoms with van der Waals surface area (Å²) < 4.78 is 28.2. The van der Waals surface area contributed by atoms with Gasteiger partial charge in [0.25, 0.3) is 15.7 Å². The maximum atomic E-state index is 12.9. The van der Waals surface area contributed by atoms with Crippen molar-refractivity contribution in [1.29, 1.82) is 0 Å². The van der Waals surface area contributed by atoms with Gasteiger partial charge in [0.15, 0.2) is 0 Å². The minimum atomic E-state index is -4.04. The molecule has 152 valence electrons. The highest BCUT2D eigenvalue weighted by atomic mass is 32.2. The Morgan fingerprint density at radius 1 is 1.10 bits per heavy atom. The Balaban J connectivity index is 1.77. The van der Waals surface area contributed by atoms with Crippen LogP contribution in [0.2, 0.25) is 0 Å². The van der Waals surface area contributed by atoms with Gasteiger partial charge in [0.05, 0.1) is 20.4 Å². The minimum Gasteiger partial charge on any atom is -0.506 e. The summed E-state index contributed by atoms with van der Waals surface area (Å²) in [6.45, 7) is 0. The highest BCUT2D eigenvalue weighted by Gasteiger charge is 2.20. The molecule has 0 saturated carbocycles. The van der Waals surface area contributed by atoms with Crippen molar-refractivity contribution in [2.75, 3.05) is 4.72 Å². The molecule has 3 N–H and O–H groups in total. The van der Waals surface area contributed by atoms with Crippen LogP contribution in [0.5, 0.6) is 5.75 Å². The van der Waals surface area contributed by atoms with E-state index in [-0.39, 0.29) is 22.0 Å². The smallest absolute Gasteiger partial charge is 0.269 e. The third-order valence-electron chi connectivity index (χ3n) is 4.18. The van der Waals surface area contributed by atoms with Gasteiger partial charge >= 0.3 is 0 Å². The topological polar surface area (TPSA) is 151 Å². The van der Waals surface area contributed by atoms with Crippen molar-refractivity contribution < 1.29 is 18.4 Å². The zero-order chi connectivity index (χ0) is 21.3. The molecule has 4 aromatic rings. The first-order chi connectivity index (χ1) is 14.3. The van der Waals surface area contributed by atoms with E-state index in [0.717, 1.165) is 36.0 Å². The number of aromatic hydroxyl groups is 1. The van der Waals surface area contributed by atoms with E-state index >= 15 is 0 Å². The first kappa shape index (κ1) is 19.7. The van der Waals surface area contributed by atoms with E-state index in [2.05, 4.69) is 19.9 Å². The molecule has 0 aliphatic heterocycles. The number of phenolic OH excluding ortho intramolecular Hbond substituents is 1. The molecule has 10 nitrogen and oxygen atoms in total. The number of sulfonamides is 1. The summed E-state index contributed by atoms with van der Waals surface area (Å²) >= 11 is 1.06. The van der Waals surface area contributed by atoms with Crippen LogP contribution < -0.4 is 4.72 Å². The summed E-state index contributed by atoms with van der Waals surface area (Å²) in [5.41, 5.74) is 0.0222. The molecule has 1 heterocycles. The molecule has 0 spiro atoms. The van der Waals surface area contributed by atoms with E-state index in [1.807, 2.05) is 0 Å². The number of non-ortho nitro benzene ring substituents is 1. The molecule has 0 aliphatic carbocycles. The molecular weight excluding hydrogens is 430 g/mol. The summed E-state index contributed by atoms with van der Waals surface area (Å²) in [5, 5.41) is 29.2. The third-order valence-corrected chi connectivity index (χ3v) is 6.47. The second-order valence-corrected chi connectivity index (χ2v) is 8.75. The van der Waals surface area contributed by atoms with E-state index < -0.39 is 14.9 Å². The molecule has 0 fully saturated rings. The molecule has 0 amide bonds. The van der Waals surface area contributed by atoms with Gasteiger partial charge in [-0.1, -0.05) is 24.3 Å². The summed E-state index contributed by atoms with van der Waals surface area (Å²) in [7, 11) is -4.04. The van der Waals surface area contributed by atoms with E-state index in [1.165, 1.54) is 12.4 Å². The van der Waals surface area contributed by atoms with Gasteiger partial charge in [-0.2, -0.15) is 0 Å². The van der Waals surface area contributed by atoms with Crippen LogP contribution in [-0.4, -0.2) is 33.6 Å². The Morgan fingerprint density at radius 2 is 1.80 bits per heavy atom. The summed E-state index contributed by atoms with van der Waals surface area (Å²) in [6, 6.07) is 12.8. The normalized spacial score (nSPS) is 11.5. The predicted molar refractivity (Wildman–Crippen MR) is 110 cm³/mol. The number of nitrogens with zero attached hydrogens (tertiary/aromatic N) is 3. The first-order valence-corrected chi connectivity index (χ1v) is 10.7. The number of rotatable bonds is 6. The van der Waals surface area contributed by atoms with Gasteiger partial charge in [-0.05, 0) is 30.0 Å². The fourth-order valence-corrected chi connectivity index (χ4v) is 4.65. The largest absolute Gasteiger partial charge is 0.506 e. The Hall–Kier alpha value is -3.64. The van der Waals surface area contributed by atoms with Crippen LogP contribution in [0.4, 0.5) is 11.4 Å². The molecule has 0 bridgehead atoms. The van der Waals surface area contributed by atoms with Crippen molar-refractivity contribution in [3.8, 4) is 5.75 Å². The number of hydrogen-bond acceptors (Lipinski definition) is 8. The van der Waals surface area contributed by atoms with Crippen LogP contribution >= 0.6 is 11.8 Å². The molecule has 0 aliphatic rings. The van der Waals surface area contributed by atoms with Crippen molar-refractivity contribution in [1.82, 2.24) is 15.2 Å². The second-order valence-electron chi connectivity index (χ2n) is 6.06. The van der Waals surface area contributed by atoms with Gasteiger partial charge < -0.3 is 5.11 Å². The molecule has 4 rings (SSSR count). The number of phenols is 1. The minimum absolute atomic E-state index is 0.0290. The lowest BCUT2D eigenvalue weighted by molar-refractivity contribution is -0.384. The average molecular weight is 443 g/mol. The van der Waals surface area contributed by atoms with E-state index in [1.54, 1.807) is 24.3 Å². The molecule has 0 atom stereocenters. The number of benzene rings is 3. The fraction of sp³-hybridized carbons (Fsp3) is 0. The fourth-order valence-electron chi connectivity index (χ4n) is 2.79. The van der Waals surface area contributed by atoms with Crippen molar-refractivity contribution in [2.45, 2.75) is 14.9 Å². The van der Waals surface area contributed by atoms with Gasteiger partial charge in [0.2, 0.25) is 5.16 Å². The lowest BCUT2D eigenvalue weighted by atomic mass is 10.1. The Morgan fingerprint density at radius 3 is 2.43 bits per heavy atom. The summed E-state index contributed by atoms with van der Waals surface area (Å²) in [4.78, 5) is 14.4. The van der Waals surface area contributed by atoms with Crippen LogP contribution in [-0.2, 0) is 10.0 Å². The van der Waals surface area contributed by atoms with Gasteiger partial charge in [-0.25, -0.2) is 13.4 Å². The number of nitro benzene ring substituents is 1. The van der Waals surface area contributed by atoms with E-state index in [0.29, 0.717) is 20.8 Å². The number of aromatic nitrogens is 3. The molecule has 1 aromatic heterocycles. The van der Waals surface area contributed by atoms with Crippen LogP contribution in [0.1, 0.15) is 0 Å². The van der Waals surface area contributed by atoms with Crippen molar-refractivity contribution >= 4 is 43.9 Å². The molecule has 0 unspecified atom stereocenters. The van der Waals surface area contributed by atoms with E-state index in [9.17, 15) is 23.6 Å². The zero-order valence-electron chi connectivity index (χ0n) is 15.0. The molecular formula is C18H13N5O5S2. The highest BCUT2D eigenvalue weighted by molar-refractivity contribution is 7.99. The van der Waals surface area contributed by atoms with Gasteiger partial charge in [-0.3, -0.25) is 19.9 Å². The van der Waals surface area contributed by atoms with Crippen molar-refractivity contribution in [3.63, 3.8) is 0 Å². The quantitative estimate of drug-likeness (QED) is 0.233. The van der Waals surface area contributed by atoms with Crippen molar-refractivity contribution in [2.24, 2.45) is 0 Å². The van der Waals surface area contributed by atoms with Gasteiger partial charge in [-0.15, -0.1) is 5.10 Å². The first-order valence-electron chi connectivity index (χ1n) is 8.41. The predicted octanol–water partition coefficient (Wildman–Crippen LogP) is 3.52. The number of aromatic amines is 1. The molecule has 30 heavy (non-hydrogen) atoms. The summed E-state index contributed by atoms with van der Waals surface area (Å²) in [5.74, 6) is -0.0290. The SMILES string of the molecule is O=[N+]([O-])c1ccc(S(=O)(=O)Nc2cc(Sc3nc[nH]n3)c(O)c3ccccc23)cc1. The maximum absolute atomic E-state index is 12.9. The summed E-state index contributed by atoms with van der Waals surface area (Å²) in [6.07, 6.45) is 1.39. The van der Waals surface area contributed by atoms with Gasteiger partial charge in [0, 0.05) is 22.9 Å². The highest BCUT2D eigenvalue weighted by Crippen LogP contribution is 2.42. The van der Waals surface area contributed by atoms with Crippen LogP contribution in [0.3, 0.4) is 0 Å². The maximum Gasteiger partial charge on any atom is 0.269 e. The number of H-pyrrole nitrogens is 1. The number of hydrogen-bond donors (Lipinski definition) is 3. The monoisotopic (exact) mass is 443 g/mol. The zero-order valence-corrected chi connectivity index (χ0v) is 16.6. The van der Waals surface area contributed by atoms with Gasteiger partial charge in [0.1, 0.15) is 12.1 Å². The van der Waals surface area contributed by atoms with Crippen LogP contribution in [0.15, 0.2) is 75.9 Å². The number of anilines is 1. The molecule has 3 aromatic carbocycles. The molecule has 0 radical (unpaired) electrons. The molecule has 0 saturated heterocycles. The van der Waals surface area contributed by atoms with Crippen molar-refractivity contribution in [3.05, 3.63) is 71.0 Å². The Kier molecular flexibility index (Phi) is 5.01. The third kappa shape index (κ3) is 3.77. The van der Waals surface area contributed by atoms with Crippen LogP contribution in [0, 0.1) is 10.1 Å². The molecule has 12 heteroatoms. The number of nitrogens with one attached hydrogen (secondary N) is 2. The lowest BCUT2D eigenvalue weighted by Crippen LogP contribution is -2.13. The Labute approximate surface area is 174 Å². The van der Waals surface area contributed by atoms with E-state index in [4.69, 9.17) is 0 Å². The second kappa shape index (κ2) is 7.65. The standard InChI is InChI=1S/C18H13N5O5S2/c24-17-14-4-2-1-3-13(14)15(9-16(17)29-18-19-10-20-21-18)22-30(27,28)12-7-5-11(6-8-12)23(25)26/h1-10,22,24H,(H,19,20,21). The van der Waals surface area contributed by atoms with Crippen LogP contribution in [0.25, 0.3) is 10.8 Å².